The lowest BCUT2D eigenvalue weighted by atomic mass is 10.2. The topological polar surface area (TPSA) is 80.5 Å². The van der Waals surface area contributed by atoms with Crippen LogP contribution in [0.15, 0.2) is 35.1 Å². The van der Waals surface area contributed by atoms with Crippen molar-refractivity contribution in [1.29, 1.82) is 0 Å². The summed E-state index contributed by atoms with van der Waals surface area (Å²) < 4.78 is 6.26. The Labute approximate surface area is 110 Å². The first-order valence-electron chi connectivity index (χ1n) is 4.79. The molecule has 0 aliphatic carbocycles. The summed E-state index contributed by atoms with van der Waals surface area (Å²) in [5, 5.41) is 10.3. The van der Waals surface area contributed by atoms with E-state index < -0.39 is 0 Å². The molecule has 0 aliphatic heterocycles. The summed E-state index contributed by atoms with van der Waals surface area (Å²) in [7, 11) is 0. The van der Waals surface area contributed by atoms with Crippen molar-refractivity contribution in [2.75, 3.05) is 0 Å². The van der Waals surface area contributed by atoms with Crippen LogP contribution >= 0.6 is 22.6 Å². The van der Waals surface area contributed by atoms with E-state index in [0.29, 0.717) is 17.5 Å². The van der Waals surface area contributed by atoms with Crippen LogP contribution < -0.4 is 0 Å². The van der Waals surface area contributed by atoms with Gasteiger partial charge in [0.15, 0.2) is 5.82 Å². The first kappa shape index (κ1) is 10.4. The predicted molar refractivity (Wildman–Crippen MR) is 67.8 cm³/mol. The largest absolute Gasteiger partial charge is 0.333 e. The van der Waals surface area contributed by atoms with Gasteiger partial charge in [0.2, 0.25) is 5.82 Å². The van der Waals surface area contributed by atoms with Gasteiger partial charge in [-0.2, -0.15) is 10.1 Å². The Hall–Kier alpha value is -1.77. The number of nitrogens with zero attached hydrogens (tertiary/aromatic N) is 4. The standard InChI is InChI=1S/C10H6IN5O/c11-7-4-2-1-3-6(7)10-14-9(16-17-10)8-12-5-13-15-8/h1-5H,(H,12,13,15). The van der Waals surface area contributed by atoms with Crippen molar-refractivity contribution in [3.63, 3.8) is 0 Å². The molecule has 0 amide bonds. The molecule has 0 saturated carbocycles. The number of rotatable bonds is 2. The van der Waals surface area contributed by atoms with Crippen LogP contribution in [0.5, 0.6) is 0 Å². The summed E-state index contributed by atoms with van der Waals surface area (Å²) in [5.41, 5.74) is 0.909. The summed E-state index contributed by atoms with van der Waals surface area (Å²) in [6.07, 6.45) is 1.40. The third-order valence-electron chi connectivity index (χ3n) is 2.16. The number of halogens is 1. The molecular formula is C10H6IN5O. The van der Waals surface area contributed by atoms with Crippen LogP contribution in [0, 0.1) is 3.57 Å². The van der Waals surface area contributed by atoms with Gasteiger partial charge >= 0.3 is 0 Å². The van der Waals surface area contributed by atoms with Crippen molar-refractivity contribution in [3.8, 4) is 23.1 Å². The summed E-state index contributed by atoms with van der Waals surface area (Å²) in [5.74, 6) is 1.37. The van der Waals surface area contributed by atoms with Gasteiger partial charge in [0.05, 0.1) is 5.56 Å². The van der Waals surface area contributed by atoms with Gasteiger partial charge in [-0.15, -0.1) is 0 Å². The molecule has 3 aromatic rings. The number of hydrogen-bond acceptors (Lipinski definition) is 5. The maximum atomic E-state index is 5.20. The second kappa shape index (κ2) is 4.24. The third-order valence-corrected chi connectivity index (χ3v) is 3.10. The average Bonchev–Trinajstić information content (AvgIpc) is 3.00. The molecule has 0 radical (unpaired) electrons. The fraction of sp³-hybridized carbons (Fsp3) is 0. The van der Waals surface area contributed by atoms with Crippen LogP contribution in [0.3, 0.4) is 0 Å². The van der Waals surface area contributed by atoms with E-state index >= 15 is 0 Å². The maximum Gasteiger partial charge on any atom is 0.259 e. The molecule has 84 valence electrons. The first-order valence-corrected chi connectivity index (χ1v) is 5.87. The highest BCUT2D eigenvalue weighted by Gasteiger charge is 2.13. The van der Waals surface area contributed by atoms with Gasteiger partial charge in [-0.1, -0.05) is 17.3 Å². The number of aromatic nitrogens is 5. The van der Waals surface area contributed by atoms with Crippen LogP contribution in [-0.2, 0) is 0 Å². The van der Waals surface area contributed by atoms with Gasteiger partial charge in [-0.05, 0) is 34.7 Å². The first-order chi connectivity index (χ1) is 8.34. The molecule has 0 bridgehead atoms. The molecule has 0 atom stereocenters. The van der Waals surface area contributed by atoms with Crippen LogP contribution in [-0.4, -0.2) is 25.3 Å². The van der Waals surface area contributed by atoms with Crippen molar-refractivity contribution < 1.29 is 4.52 Å². The number of hydrogen-bond donors (Lipinski definition) is 1. The number of nitrogens with one attached hydrogen (secondary N) is 1. The predicted octanol–water partition coefficient (Wildman–Crippen LogP) is 2.13. The number of aromatic amines is 1. The zero-order valence-electron chi connectivity index (χ0n) is 8.46. The lowest BCUT2D eigenvalue weighted by molar-refractivity contribution is 0.431. The molecule has 0 aliphatic rings. The Balaban J connectivity index is 2.04. The van der Waals surface area contributed by atoms with E-state index in [2.05, 4.69) is 47.9 Å². The average molecular weight is 339 g/mol. The normalized spacial score (nSPS) is 10.6. The smallest absolute Gasteiger partial charge is 0.259 e. The van der Waals surface area contributed by atoms with Gasteiger partial charge in [-0.3, -0.25) is 5.10 Å². The van der Waals surface area contributed by atoms with Crippen molar-refractivity contribution in [1.82, 2.24) is 25.3 Å². The zero-order chi connectivity index (χ0) is 11.7. The van der Waals surface area contributed by atoms with Crippen LogP contribution in [0.4, 0.5) is 0 Å². The Morgan fingerprint density at radius 1 is 1.24 bits per heavy atom. The molecular weight excluding hydrogens is 333 g/mol. The van der Waals surface area contributed by atoms with E-state index in [1.54, 1.807) is 0 Å². The van der Waals surface area contributed by atoms with Gasteiger partial charge in [0, 0.05) is 3.57 Å². The second-order valence-electron chi connectivity index (χ2n) is 3.24. The molecule has 1 aromatic carbocycles. The van der Waals surface area contributed by atoms with Crippen LogP contribution in [0.2, 0.25) is 0 Å². The Bertz CT molecular complexity index is 634. The fourth-order valence-electron chi connectivity index (χ4n) is 1.38. The van der Waals surface area contributed by atoms with E-state index in [9.17, 15) is 0 Å². The van der Waals surface area contributed by atoms with Gasteiger partial charge in [0.25, 0.3) is 5.89 Å². The van der Waals surface area contributed by atoms with Crippen LogP contribution in [0.1, 0.15) is 0 Å². The second-order valence-corrected chi connectivity index (χ2v) is 4.40. The highest BCUT2D eigenvalue weighted by atomic mass is 127. The maximum absolute atomic E-state index is 5.20. The molecule has 1 N–H and O–H groups in total. The van der Waals surface area contributed by atoms with E-state index in [4.69, 9.17) is 4.52 Å². The monoisotopic (exact) mass is 339 g/mol. The molecule has 0 saturated heterocycles. The van der Waals surface area contributed by atoms with E-state index in [1.165, 1.54) is 6.33 Å². The molecule has 0 unspecified atom stereocenters. The summed E-state index contributed by atoms with van der Waals surface area (Å²) >= 11 is 2.22. The Kier molecular flexibility index (Phi) is 2.59. The Morgan fingerprint density at radius 3 is 2.88 bits per heavy atom. The lowest BCUT2D eigenvalue weighted by Crippen LogP contribution is -1.85. The zero-order valence-corrected chi connectivity index (χ0v) is 10.6. The molecule has 6 nitrogen and oxygen atoms in total. The molecule has 7 heteroatoms. The molecule has 17 heavy (non-hydrogen) atoms. The SMILES string of the molecule is Ic1ccccc1-c1nc(-c2ncn[nH]2)no1. The highest BCUT2D eigenvalue weighted by molar-refractivity contribution is 14.1. The van der Waals surface area contributed by atoms with Crippen molar-refractivity contribution >= 4 is 22.6 Å². The van der Waals surface area contributed by atoms with Crippen molar-refractivity contribution in [2.24, 2.45) is 0 Å². The van der Waals surface area contributed by atoms with Gasteiger partial charge in [0.1, 0.15) is 6.33 Å². The molecule has 2 heterocycles. The fourth-order valence-corrected chi connectivity index (χ4v) is 2.00. The van der Waals surface area contributed by atoms with Crippen LogP contribution in [0.25, 0.3) is 23.1 Å². The quantitative estimate of drug-likeness (QED) is 0.724. The molecule has 0 fully saturated rings. The van der Waals surface area contributed by atoms with Crippen molar-refractivity contribution in [3.05, 3.63) is 34.2 Å². The summed E-state index contributed by atoms with van der Waals surface area (Å²) in [6.45, 7) is 0. The minimum Gasteiger partial charge on any atom is -0.333 e. The van der Waals surface area contributed by atoms with E-state index in [0.717, 1.165) is 9.13 Å². The number of benzene rings is 1. The lowest BCUT2D eigenvalue weighted by Gasteiger charge is -1.95. The molecule has 2 aromatic heterocycles. The Morgan fingerprint density at radius 2 is 2.12 bits per heavy atom. The summed E-state index contributed by atoms with van der Waals surface area (Å²) in [6, 6.07) is 7.79. The van der Waals surface area contributed by atoms with Crippen molar-refractivity contribution in [2.45, 2.75) is 0 Å². The molecule has 0 spiro atoms. The minimum atomic E-state index is 0.400. The summed E-state index contributed by atoms with van der Waals surface area (Å²) in [4.78, 5) is 8.23. The molecule has 3 rings (SSSR count). The van der Waals surface area contributed by atoms with E-state index in [-0.39, 0.29) is 0 Å². The minimum absolute atomic E-state index is 0.400. The highest BCUT2D eigenvalue weighted by Crippen LogP contribution is 2.24. The van der Waals surface area contributed by atoms with E-state index in [1.807, 2.05) is 24.3 Å². The van der Waals surface area contributed by atoms with Gasteiger partial charge < -0.3 is 4.52 Å². The number of H-pyrrole nitrogens is 1. The third kappa shape index (κ3) is 1.93. The van der Waals surface area contributed by atoms with Gasteiger partial charge in [-0.25, -0.2) is 4.98 Å².